The lowest BCUT2D eigenvalue weighted by Crippen LogP contribution is -2.41. The lowest BCUT2D eigenvalue weighted by Gasteiger charge is -2.29. The zero-order valence-corrected chi connectivity index (χ0v) is 14.0. The van der Waals surface area contributed by atoms with Crippen molar-refractivity contribution in [2.75, 3.05) is 0 Å². The van der Waals surface area contributed by atoms with Crippen molar-refractivity contribution in [3.8, 4) is 0 Å². The third-order valence-corrected chi connectivity index (χ3v) is 5.25. The molecule has 0 radical (unpaired) electrons. The molecule has 0 spiro atoms. The Kier molecular flexibility index (Phi) is 5.25. The van der Waals surface area contributed by atoms with Gasteiger partial charge < -0.3 is 5.73 Å². The molecule has 2 atom stereocenters. The molecule has 0 heterocycles. The number of nitrogens with two attached hydrogens (primary N) is 1. The summed E-state index contributed by atoms with van der Waals surface area (Å²) in [5.74, 6) is 1.36. The Labute approximate surface area is 130 Å². The molecule has 1 nitrogen and oxygen atoms in total. The Hall–Kier alpha value is -0.410. The number of hydrogen-bond donors (Lipinski definition) is 1. The summed E-state index contributed by atoms with van der Waals surface area (Å²) in [5, 5.41) is 0. The molecule has 0 bridgehead atoms. The van der Waals surface area contributed by atoms with Crippen molar-refractivity contribution in [2.45, 2.75) is 57.9 Å². The predicted octanol–water partition coefficient (Wildman–Crippen LogP) is 5.06. The highest BCUT2D eigenvalue weighted by molar-refractivity contribution is 9.10. The minimum Gasteiger partial charge on any atom is -0.325 e. The highest BCUT2D eigenvalue weighted by Gasteiger charge is 2.31. The van der Waals surface area contributed by atoms with E-state index in [1.165, 1.54) is 18.9 Å². The fraction of sp³-hybridized carbons (Fsp3) is 0.647. The molecule has 20 heavy (non-hydrogen) atoms. The fourth-order valence-corrected chi connectivity index (χ4v) is 3.77. The van der Waals surface area contributed by atoms with Crippen LogP contribution in [0, 0.1) is 17.7 Å². The molecular weight excluding hydrogens is 317 g/mol. The van der Waals surface area contributed by atoms with Gasteiger partial charge in [0, 0.05) is 10.0 Å². The van der Waals surface area contributed by atoms with Crippen molar-refractivity contribution in [1.82, 2.24) is 0 Å². The molecule has 1 aliphatic carbocycles. The minimum atomic E-state index is -0.245. The van der Waals surface area contributed by atoms with E-state index in [0.29, 0.717) is 6.42 Å². The number of halogens is 2. The maximum absolute atomic E-state index is 13.9. The molecule has 2 unspecified atom stereocenters. The lowest BCUT2D eigenvalue weighted by molar-refractivity contribution is 0.320. The van der Waals surface area contributed by atoms with Crippen molar-refractivity contribution >= 4 is 15.9 Å². The topological polar surface area (TPSA) is 26.0 Å². The summed E-state index contributed by atoms with van der Waals surface area (Å²) < 4.78 is 14.8. The standard InChI is InChI=1S/C17H25BrFN/c1-12(2)13-4-3-8-17(20,9-7-13)11-14-10-15(18)5-6-16(14)19/h5-6,10,12-13H,3-4,7-9,11,20H2,1-2H3. The third kappa shape index (κ3) is 4.05. The normalized spacial score (nSPS) is 27.6. The molecule has 1 aromatic carbocycles. The Morgan fingerprint density at radius 3 is 2.80 bits per heavy atom. The summed E-state index contributed by atoms with van der Waals surface area (Å²) in [6.07, 6.45) is 6.24. The summed E-state index contributed by atoms with van der Waals surface area (Å²) in [6, 6.07) is 5.13. The maximum atomic E-state index is 13.9. The van der Waals surface area contributed by atoms with Gasteiger partial charge in [-0.15, -0.1) is 0 Å². The first-order valence-corrected chi connectivity index (χ1v) is 8.42. The van der Waals surface area contributed by atoms with Crippen LogP contribution >= 0.6 is 15.9 Å². The second-order valence-electron chi connectivity index (χ2n) is 6.71. The second kappa shape index (κ2) is 6.57. The van der Waals surface area contributed by atoms with Gasteiger partial charge in [-0.25, -0.2) is 4.39 Å². The Balaban J connectivity index is 2.09. The number of benzene rings is 1. The van der Waals surface area contributed by atoms with Gasteiger partial charge in [-0.2, -0.15) is 0 Å². The molecule has 0 amide bonds. The van der Waals surface area contributed by atoms with Crippen LogP contribution in [0.3, 0.4) is 0 Å². The first kappa shape index (κ1) is 16.0. The van der Waals surface area contributed by atoms with Crippen LogP contribution in [-0.4, -0.2) is 5.54 Å². The summed E-state index contributed by atoms with van der Waals surface area (Å²) in [6.45, 7) is 4.59. The molecule has 1 aliphatic rings. The molecule has 3 heteroatoms. The Morgan fingerprint density at radius 2 is 2.10 bits per heavy atom. The van der Waals surface area contributed by atoms with Crippen LogP contribution in [-0.2, 0) is 6.42 Å². The summed E-state index contributed by atoms with van der Waals surface area (Å²) in [4.78, 5) is 0. The van der Waals surface area contributed by atoms with Gasteiger partial charge in [-0.05, 0) is 61.3 Å². The molecular formula is C17H25BrFN. The van der Waals surface area contributed by atoms with Crippen LogP contribution in [0.25, 0.3) is 0 Å². The van der Waals surface area contributed by atoms with Crippen molar-refractivity contribution < 1.29 is 4.39 Å². The second-order valence-corrected chi connectivity index (χ2v) is 7.63. The highest BCUT2D eigenvalue weighted by Crippen LogP contribution is 2.35. The van der Waals surface area contributed by atoms with Gasteiger partial charge in [-0.3, -0.25) is 0 Å². The Bertz CT molecular complexity index is 460. The van der Waals surface area contributed by atoms with Crippen LogP contribution in [0.1, 0.15) is 51.5 Å². The molecule has 1 saturated carbocycles. The monoisotopic (exact) mass is 341 g/mol. The average Bonchev–Trinajstić information content (AvgIpc) is 2.56. The summed E-state index contributed by atoms with van der Waals surface area (Å²) >= 11 is 3.42. The maximum Gasteiger partial charge on any atom is 0.126 e. The molecule has 1 fully saturated rings. The molecule has 0 saturated heterocycles. The van der Waals surface area contributed by atoms with E-state index in [1.807, 2.05) is 6.07 Å². The summed E-state index contributed by atoms with van der Waals surface area (Å²) in [5.41, 5.74) is 7.09. The summed E-state index contributed by atoms with van der Waals surface area (Å²) in [7, 11) is 0. The zero-order valence-electron chi connectivity index (χ0n) is 12.5. The van der Waals surface area contributed by atoms with Crippen molar-refractivity contribution in [1.29, 1.82) is 0 Å². The highest BCUT2D eigenvalue weighted by atomic mass is 79.9. The van der Waals surface area contributed by atoms with E-state index in [1.54, 1.807) is 6.07 Å². The van der Waals surface area contributed by atoms with E-state index in [2.05, 4.69) is 29.8 Å². The van der Waals surface area contributed by atoms with Gasteiger partial charge in [0.1, 0.15) is 5.82 Å². The molecule has 2 N–H and O–H groups in total. The quantitative estimate of drug-likeness (QED) is 0.763. The van der Waals surface area contributed by atoms with E-state index in [0.717, 1.165) is 41.1 Å². The van der Waals surface area contributed by atoms with Gasteiger partial charge in [0.05, 0.1) is 0 Å². The van der Waals surface area contributed by atoms with Crippen molar-refractivity contribution in [3.63, 3.8) is 0 Å². The van der Waals surface area contributed by atoms with Gasteiger partial charge >= 0.3 is 0 Å². The largest absolute Gasteiger partial charge is 0.325 e. The molecule has 2 rings (SSSR count). The smallest absolute Gasteiger partial charge is 0.126 e. The average molecular weight is 342 g/mol. The van der Waals surface area contributed by atoms with Crippen LogP contribution < -0.4 is 5.73 Å². The van der Waals surface area contributed by atoms with Crippen LogP contribution in [0.4, 0.5) is 4.39 Å². The molecule has 1 aromatic rings. The third-order valence-electron chi connectivity index (χ3n) is 4.76. The number of hydrogen-bond acceptors (Lipinski definition) is 1. The van der Waals surface area contributed by atoms with Crippen LogP contribution in [0.15, 0.2) is 22.7 Å². The van der Waals surface area contributed by atoms with E-state index in [-0.39, 0.29) is 11.4 Å². The minimum absolute atomic E-state index is 0.136. The van der Waals surface area contributed by atoms with E-state index >= 15 is 0 Å². The first-order chi connectivity index (χ1) is 9.39. The van der Waals surface area contributed by atoms with Crippen molar-refractivity contribution in [2.24, 2.45) is 17.6 Å². The zero-order chi connectivity index (χ0) is 14.8. The molecule has 112 valence electrons. The SMILES string of the molecule is CC(C)C1CCCC(N)(Cc2cc(Br)ccc2F)CC1. The Morgan fingerprint density at radius 1 is 1.35 bits per heavy atom. The van der Waals surface area contributed by atoms with Crippen LogP contribution in [0.2, 0.25) is 0 Å². The van der Waals surface area contributed by atoms with Gasteiger partial charge in [0.2, 0.25) is 0 Å². The predicted molar refractivity (Wildman–Crippen MR) is 86.1 cm³/mol. The van der Waals surface area contributed by atoms with Gasteiger partial charge in [0.25, 0.3) is 0 Å². The van der Waals surface area contributed by atoms with Crippen LogP contribution in [0.5, 0.6) is 0 Å². The van der Waals surface area contributed by atoms with E-state index in [4.69, 9.17) is 5.73 Å². The van der Waals surface area contributed by atoms with Crippen molar-refractivity contribution in [3.05, 3.63) is 34.1 Å². The molecule has 0 aliphatic heterocycles. The fourth-order valence-electron chi connectivity index (χ4n) is 3.36. The van der Waals surface area contributed by atoms with E-state index in [9.17, 15) is 4.39 Å². The van der Waals surface area contributed by atoms with Gasteiger partial charge in [0.15, 0.2) is 0 Å². The van der Waals surface area contributed by atoms with E-state index < -0.39 is 0 Å². The first-order valence-electron chi connectivity index (χ1n) is 7.62. The number of rotatable bonds is 3. The van der Waals surface area contributed by atoms with Gasteiger partial charge in [-0.1, -0.05) is 42.6 Å². The lowest BCUT2D eigenvalue weighted by atomic mass is 9.83. The molecule has 0 aromatic heterocycles.